The van der Waals surface area contributed by atoms with Crippen molar-refractivity contribution >= 4 is 28.5 Å². The Balaban J connectivity index is 1.87. The zero-order valence-corrected chi connectivity index (χ0v) is 12.7. The first-order chi connectivity index (χ1) is 8.33. The van der Waals surface area contributed by atoms with Crippen molar-refractivity contribution in [3.8, 4) is 0 Å². The molecule has 1 saturated heterocycles. The van der Waals surface area contributed by atoms with E-state index in [1.54, 1.807) is 0 Å². The Bertz CT molecular complexity index is 206. The van der Waals surface area contributed by atoms with Gasteiger partial charge in [0.05, 0.1) is 6.10 Å². The Morgan fingerprint density at radius 2 is 2.12 bits per heavy atom. The highest BCUT2D eigenvalue weighted by Gasteiger charge is 2.16. The van der Waals surface area contributed by atoms with E-state index >= 15 is 0 Å². The Hall–Kier alpha value is 0.160. The highest BCUT2D eigenvalue weighted by Crippen LogP contribution is 2.16. The monoisotopic (exact) mass is 353 g/mol. The lowest BCUT2D eigenvalue weighted by molar-refractivity contribution is -0.121. The van der Waals surface area contributed by atoms with Gasteiger partial charge in [-0.15, -0.1) is 0 Å². The van der Waals surface area contributed by atoms with Crippen LogP contribution in [0, 0.1) is 0 Å². The van der Waals surface area contributed by atoms with Crippen LogP contribution in [0.5, 0.6) is 0 Å². The van der Waals surface area contributed by atoms with E-state index in [2.05, 4.69) is 27.9 Å². The third-order valence-corrected chi connectivity index (χ3v) is 3.86. The molecule has 1 rings (SSSR count). The highest BCUT2D eigenvalue weighted by atomic mass is 127. The number of halogens is 1. The van der Waals surface area contributed by atoms with Crippen LogP contribution in [0.25, 0.3) is 0 Å². The van der Waals surface area contributed by atoms with Gasteiger partial charge >= 0.3 is 0 Å². The van der Waals surface area contributed by atoms with Gasteiger partial charge in [-0.1, -0.05) is 35.4 Å². The average Bonchev–Trinajstić information content (AvgIpc) is 2.84. The van der Waals surface area contributed by atoms with Crippen molar-refractivity contribution in [2.45, 2.75) is 57.5 Å². The number of nitrogens with one attached hydrogen (secondary N) is 1. The number of unbranched alkanes of at least 4 members (excludes halogenated alkanes) is 3. The van der Waals surface area contributed by atoms with Crippen molar-refractivity contribution in [3.63, 3.8) is 0 Å². The summed E-state index contributed by atoms with van der Waals surface area (Å²) < 4.78 is 6.73. The first-order valence-electron chi connectivity index (χ1n) is 6.77. The van der Waals surface area contributed by atoms with E-state index in [1.807, 2.05) is 0 Å². The second-order valence-corrected chi connectivity index (χ2v) is 5.71. The number of hydrogen-bond acceptors (Lipinski definition) is 2. The standard InChI is InChI=1S/C13H24INO2/c14-9-3-1-2-4-10-15-13(16)8-7-12-6-5-11-17-12/h12H,1-11H2,(H,15,16). The summed E-state index contributed by atoms with van der Waals surface area (Å²) in [7, 11) is 0. The molecular weight excluding hydrogens is 329 g/mol. The largest absolute Gasteiger partial charge is 0.378 e. The first-order valence-corrected chi connectivity index (χ1v) is 8.29. The van der Waals surface area contributed by atoms with Gasteiger partial charge in [-0.25, -0.2) is 0 Å². The summed E-state index contributed by atoms with van der Waals surface area (Å²) in [4.78, 5) is 11.5. The lowest BCUT2D eigenvalue weighted by atomic mass is 10.1. The van der Waals surface area contributed by atoms with Gasteiger partial charge in [0.15, 0.2) is 0 Å². The van der Waals surface area contributed by atoms with E-state index < -0.39 is 0 Å². The van der Waals surface area contributed by atoms with Gasteiger partial charge in [0, 0.05) is 19.6 Å². The maximum absolute atomic E-state index is 11.5. The van der Waals surface area contributed by atoms with Crippen LogP contribution in [-0.2, 0) is 9.53 Å². The summed E-state index contributed by atoms with van der Waals surface area (Å²) in [6.45, 7) is 1.72. The Morgan fingerprint density at radius 1 is 1.29 bits per heavy atom. The molecule has 0 saturated carbocycles. The minimum atomic E-state index is 0.189. The molecule has 4 heteroatoms. The lowest BCUT2D eigenvalue weighted by Crippen LogP contribution is -2.25. The van der Waals surface area contributed by atoms with Crippen molar-refractivity contribution in [2.75, 3.05) is 17.6 Å². The van der Waals surface area contributed by atoms with Crippen LogP contribution >= 0.6 is 22.6 Å². The van der Waals surface area contributed by atoms with Crippen LogP contribution in [0.15, 0.2) is 0 Å². The third kappa shape index (κ3) is 7.97. The number of carbonyl (C=O) groups excluding carboxylic acids is 1. The molecule has 0 aromatic carbocycles. The number of ether oxygens (including phenoxy) is 1. The Kier molecular flexibility index (Phi) is 9.06. The number of hydrogen-bond donors (Lipinski definition) is 1. The first kappa shape index (κ1) is 15.2. The van der Waals surface area contributed by atoms with E-state index in [0.29, 0.717) is 12.5 Å². The molecule has 0 bridgehead atoms. The molecule has 0 radical (unpaired) electrons. The smallest absolute Gasteiger partial charge is 0.220 e. The topological polar surface area (TPSA) is 38.3 Å². The zero-order valence-electron chi connectivity index (χ0n) is 10.5. The minimum Gasteiger partial charge on any atom is -0.378 e. The summed E-state index contributed by atoms with van der Waals surface area (Å²) in [5, 5.41) is 2.99. The molecule has 0 aromatic rings. The maximum Gasteiger partial charge on any atom is 0.220 e. The molecule has 0 spiro atoms. The molecule has 100 valence electrons. The van der Waals surface area contributed by atoms with Gasteiger partial charge < -0.3 is 10.1 Å². The van der Waals surface area contributed by atoms with E-state index in [9.17, 15) is 4.79 Å². The molecular formula is C13H24INO2. The summed E-state index contributed by atoms with van der Waals surface area (Å²) in [6.07, 6.45) is 9.06. The van der Waals surface area contributed by atoms with Crippen LogP contribution in [0.3, 0.4) is 0 Å². The van der Waals surface area contributed by atoms with Crippen LogP contribution in [-0.4, -0.2) is 29.6 Å². The number of rotatable bonds is 9. The molecule has 17 heavy (non-hydrogen) atoms. The summed E-state index contributed by atoms with van der Waals surface area (Å²) >= 11 is 2.41. The Labute approximate surface area is 118 Å². The highest BCUT2D eigenvalue weighted by molar-refractivity contribution is 14.1. The fourth-order valence-corrected chi connectivity index (χ4v) is 2.59. The SMILES string of the molecule is O=C(CCC1CCCO1)NCCCCCCI. The maximum atomic E-state index is 11.5. The minimum absolute atomic E-state index is 0.189. The van der Waals surface area contributed by atoms with E-state index in [1.165, 1.54) is 23.7 Å². The molecule has 0 aliphatic carbocycles. The molecule has 1 unspecified atom stereocenters. The van der Waals surface area contributed by atoms with Gasteiger partial charge in [0.1, 0.15) is 0 Å². The van der Waals surface area contributed by atoms with Crippen LogP contribution < -0.4 is 5.32 Å². The number of alkyl halides is 1. The quantitative estimate of drug-likeness (QED) is 0.393. The van der Waals surface area contributed by atoms with Crippen molar-refractivity contribution in [1.29, 1.82) is 0 Å². The summed E-state index contributed by atoms with van der Waals surface area (Å²) in [6, 6.07) is 0. The van der Waals surface area contributed by atoms with Crippen molar-refractivity contribution in [2.24, 2.45) is 0 Å². The predicted octanol–water partition coefficient (Wildman–Crippen LogP) is 3.06. The fourth-order valence-electron chi connectivity index (χ4n) is 2.05. The average molecular weight is 353 g/mol. The molecule has 1 atom stereocenters. The predicted molar refractivity (Wildman–Crippen MR) is 78.6 cm³/mol. The van der Waals surface area contributed by atoms with Crippen molar-refractivity contribution in [1.82, 2.24) is 5.32 Å². The van der Waals surface area contributed by atoms with Gasteiger partial charge in [-0.05, 0) is 36.5 Å². The third-order valence-electron chi connectivity index (χ3n) is 3.10. The van der Waals surface area contributed by atoms with Crippen molar-refractivity contribution < 1.29 is 9.53 Å². The summed E-state index contributed by atoms with van der Waals surface area (Å²) in [5.41, 5.74) is 0. The van der Waals surface area contributed by atoms with Crippen LogP contribution in [0.4, 0.5) is 0 Å². The molecule has 1 heterocycles. The Morgan fingerprint density at radius 3 is 2.82 bits per heavy atom. The van der Waals surface area contributed by atoms with Gasteiger partial charge in [0.2, 0.25) is 5.91 Å². The van der Waals surface area contributed by atoms with Crippen molar-refractivity contribution in [3.05, 3.63) is 0 Å². The lowest BCUT2D eigenvalue weighted by Gasteiger charge is -2.09. The van der Waals surface area contributed by atoms with Crippen LogP contribution in [0.2, 0.25) is 0 Å². The zero-order chi connectivity index (χ0) is 12.3. The fraction of sp³-hybridized carbons (Fsp3) is 0.923. The number of amides is 1. The van der Waals surface area contributed by atoms with Gasteiger partial charge in [-0.2, -0.15) is 0 Å². The molecule has 1 amide bonds. The van der Waals surface area contributed by atoms with Crippen LogP contribution in [0.1, 0.15) is 51.4 Å². The number of carbonyl (C=O) groups is 1. The normalized spacial score (nSPS) is 19.5. The molecule has 1 fully saturated rings. The van der Waals surface area contributed by atoms with Gasteiger partial charge in [-0.3, -0.25) is 4.79 Å². The molecule has 3 nitrogen and oxygen atoms in total. The van der Waals surface area contributed by atoms with E-state index in [-0.39, 0.29) is 5.91 Å². The molecule has 1 aliphatic rings. The second kappa shape index (κ2) is 10.1. The molecule has 1 N–H and O–H groups in total. The van der Waals surface area contributed by atoms with Gasteiger partial charge in [0.25, 0.3) is 0 Å². The molecule has 0 aromatic heterocycles. The van der Waals surface area contributed by atoms with E-state index in [0.717, 1.165) is 38.8 Å². The second-order valence-electron chi connectivity index (χ2n) is 4.63. The van der Waals surface area contributed by atoms with E-state index in [4.69, 9.17) is 4.74 Å². The summed E-state index contributed by atoms with van der Waals surface area (Å²) in [5.74, 6) is 0.189. The molecule has 1 aliphatic heterocycles.